The molecular formula is C19H19NO3. The zero-order chi connectivity index (χ0) is 16.1. The third-order valence-corrected chi connectivity index (χ3v) is 3.62. The summed E-state index contributed by atoms with van der Waals surface area (Å²) in [6.45, 7) is 2.57. The SMILES string of the molecule is Cc1onc(-c2ccccc2)c1-c1ccc(OCCCO)cc1. The van der Waals surface area contributed by atoms with Crippen LogP contribution >= 0.6 is 0 Å². The summed E-state index contributed by atoms with van der Waals surface area (Å²) in [7, 11) is 0. The molecule has 0 fully saturated rings. The number of nitrogens with zero attached hydrogens (tertiary/aromatic N) is 1. The lowest BCUT2D eigenvalue weighted by Gasteiger charge is -2.07. The summed E-state index contributed by atoms with van der Waals surface area (Å²) in [4.78, 5) is 0. The number of aliphatic hydroxyl groups is 1. The average molecular weight is 309 g/mol. The minimum Gasteiger partial charge on any atom is -0.494 e. The van der Waals surface area contributed by atoms with Crippen molar-refractivity contribution in [2.24, 2.45) is 0 Å². The van der Waals surface area contributed by atoms with Crippen molar-refractivity contribution in [2.75, 3.05) is 13.2 Å². The fourth-order valence-electron chi connectivity index (χ4n) is 2.48. The molecule has 0 aliphatic rings. The first-order valence-corrected chi connectivity index (χ1v) is 7.65. The summed E-state index contributed by atoms with van der Waals surface area (Å²) in [5.74, 6) is 1.58. The zero-order valence-corrected chi connectivity index (χ0v) is 13.0. The highest BCUT2D eigenvalue weighted by molar-refractivity contribution is 5.82. The lowest BCUT2D eigenvalue weighted by molar-refractivity contribution is 0.233. The normalized spacial score (nSPS) is 10.7. The van der Waals surface area contributed by atoms with Crippen LogP contribution in [-0.2, 0) is 0 Å². The van der Waals surface area contributed by atoms with Crippen LogP contribution in [0, 0.1) is 6.92 Å². The molecule has 0 unspecified atom stereocenters. The molecule has 2 aromatic carbocycles. The second-order valence-electron chi connectivity index (χ2n) is 5.28. The van der Waals surface area contributed by atoms with Gasteiger partial charge in [-0.2, -0.15) is 0 Å². The summed E-state index contributed by atoms with van der Waals surface area (Å²) >= 11 is 0. The van der Waals surface area contributed by atoms with Gasteiger partial charge in [0.25, 0.3) is 0 Å². The van der Waals surface area contributed by atoms with E-state index in [1.54, 1.807) is 0 Å². The van der Waals surface area contributed by atoms with Gasteiger partial charge in [0.05, 0.1) is 12.2 Å². The lowest BCUT2D eigenvalue weighted by Crippen LogP contribution is -1.99. The fraction of sp³-hybridized carbons (Fsp3) is 0.211. The summed E-state index contributed by atoms with van der Waals surface area (Å²) in [5, 5.41) is 13.0. The molecule has 23 heavy (non-hydrogen) atoms. The molecule has 0 saturated heterocycles. The average Bonchev–Trinajstić information content (AvgIpc) is 2.98. The molecule has 118 valence electrons. The van der Waals surface area contributed by atoms with E-state index in [4.69, 9.17) is 14.4 Å². The first-order chi connectivity index (χ1) is 11.3. The molecule has 4 heteroatoms. The van der Waals surface area contributed by atoms with Crippen molar-refractivity contribution in [2.45, 2.75) is 13.3 Å². The number of hydrogen-bond donors (Lipinski definition) is 1. The van der Waals surface area contributed by atoms with Crippen LogP contribution in [0.2, 0.25) is 0 Å². The van der Waals surface area contributed by atoms with E-state index in [-0.39, 0.29) is 6.61 Å². The summed E-state index contributed by atoms with van der Waals surface area (Å²) in [6, 6.07) is 17.8. The maximum atomic E-state index is 8.79. The number of aliphatic hydroxyl groups excluding tert-OH is 1. The maximum absolute atomic E-state index is 8.79. The third-order valence-electron chi connectivity index (χ3n) is 3.62. The fourth-order valence-corrected chi connectivity index (χ4v) is 2.48. The minimum absolute atomic E-state index is 0.137. The Morgan fingerprint density at radius 2 is 1.74 bits per heavy atom. The molecule has 0 amide bonds. The van der Waals surface area contributed by atoms with Gasteiger partial charge in [-0.25, -0.2) is 0 Å². The Bertz CT molecular complexity index is 748. The highest BCUT2D eigenvalue weighted by Crippen LogP contribution is 2.34. The Morgan fingerprint density at radius 3 is 2.43 bits per heavy atom. The summed E-state index contributed by atoms with van der Waals surface area (Å²) < 4.78 is 11.0. The van der Waals surface area contributed by atoms with Gasteiger partial charge in [-0.05, 0) is 24.6 Å². The van der Waals surface area contributed by atoms with Crippen LogP contribution in [-0.4, -0.2) is 23.5 Å². The molecule has 0 spiro atoms. The predicted octanol–water partition coefficient (Wildman–Crippen LogP) is 4.08. The van der Waals surface area contributed by atoms with Crippen LogP contribution in [0.4, 0.5) is 0 Å². The minimum atomic E-state index is 0.137. The third kappa shape index (κ3) is 3.43. The highest BCUT2D eigenvalue weighted by atomic mass is 16.5. The zero-order valence-electron chi connectivity index (χ0n) is 13.0. The van der Waals surface area contributed by atoms with Crippen LogP contribution in [0.1, 0.15) is 12.2 Å². The molecule has 3 rings (SSSR count). The van der Waals surface area contributed by atoms with Gasteiger partial charge in [-0.1, -0.05) is 47.6 Å². The molecule has 1 N–H and O–H groups in total. The van der Waals surface area contributed by atoms with Crippen molar-refractivity contribution in [3.63, 3.8) is 0 Å². The molecule has 4 nitrogen and oxygen atoms in total. The van der Waals surface area contributed by atoms with Crippen LogP contribution in [0.3, 0.4) is 0 Å². The standard InChI is InChI=1S/C19H19NO3/c1-14-18(19(20-23-14)16-6-3-2-4-7-16)15-8-10-17(11-9-15)22-13-5-12-21/h2-4,6-11,21H,5,12-13H2,1H3. The molecule has 0 aliphatic carbocycles. The number of benzene rings is 2. The largest absolute Gasteiger partial charge is 0.494 e. The van der Waals surface area contributed by atoms with E-state index < -0.39 is 0 Å². The van der Waals surface area contributed by atoms with E-state index in [0.29, 0.717) is 13.0 Å². The first kappa shape index (κ1) is 15.3. The molecule has 0 atom stereocenters. The molecule has 3 aromatic rings. The number of aromatic nitrogens is 1. The van der Waals surface area contributed by atoms with Gasteiger partial charge in [0, 0.05) is 18.6 Å². The predicted molar refractivity (Wildman–Crippen MR) is 89.3 cm³/mol. The quantitative estimate of drug-likeness (QED) is 0.697. The molecule has 0 bridgehead atoms. The van der Waals surface area contributed by atoms with Crippen molar-refractivity contribution < 1.29 is 14.4 Å². The maximum Gasteiger partial charge on any atom is 0.142 e. The molecule has 1 heterocycles. The molecular weight excluding hydrogens is 290 g/mol. The van der Waals surface area contributed by atoms with E-state index in [0.717, 1.165) is 33.9 Å². The van der Waals surface area contributed by atoms with Crippen molar-refractivity contribution in [3.8, 4) is 28.1 Å². The Balaban J connectivity index is 1.89. The van der Waals surface area contributed by atoms with Gasteiger partial charge >= 0.3 is 0 Å². The Morgan fingerprint density at radius 1 is 1.00 bits per heavy atom. The van der Waals surface area contributed by atoms with Gasteiger partial charge < -0.3 is 14.4 Å². The van der Waals surface area contributed by atoms with Crippen LogP contribution in [0.25, 0.3) is 22.4 Å². The van der Waals surface area contributed by atoms with Crippen molar-refractivity contribution in [1.29, 1.82) is 0 Å². The Labute approximate surface area is 135 Å². The van der Waals surface area contributed by atoms with Crippen LogP contribution in [0.5, 0.6) is 5.75 Å². The summed E-state index contributed by atoms with van der Waals surface area (Å²) in [5.41, 5.74) is 3.91. The monoisotopic (exact) mass is 309 g/mol. The number of aryl methyl sites for hydroxylation is 1. The topological polar surface area (TPSA) is 55.5 Å². The second kappa shape index (κ2) is 7.11. The van der Waals surface area contributed by atoms with Crippen LogP contribution < -0.4 is 4.74 Å². The van der Waals surface area contributed by atoms with E-state index >= 15 is 0 Å². The first-order valence-electron chi connectivity index (χ1n) is 7.65. The van der Waals surface area contributed by atoms with Crippen molar-refractivity contribution >= 4 is 0 Å². The van der Waals surface area contributed by atoms with E-state index in [9.17, 15) is 0 Å². The lowest BCUT2D eigenvalue weighted by atomic mass is 9.99. The molecule has 1 aromatic heterocycles. The molecule has 0 aliphatic heterocycles. The number of ether oxygens (including phenoxy) is 1. The van der Waals surface area contributed by atoms with E-state index in [1.165, 1.54) is 0 Å². The number of rotatable bonds is 6. The second-order valence-corrected chi connectivity index (χ2v) is 5.28. The summed E-state index contributed by atoms with van der Waals surface area (Å²) in [6.07, 6.45) is 0.630. The van der Waals surface area contributed by atoms with Crippen molar-refractivity contribution in [3.05, 3.63) is 60.4 Å². The molecule has 0 saturated carbocycles. The van der Waals surface area contributed by atoms with Crippen molar-refractivity contribution in [1.82, 2.24) is 5.16 Å². The van der Waals surface area contributed by atoms with Crippen LogP contribution in [0.15, 0.2) is 59.1 Å². The highest BCUT2D eigenvalue weighted by Gasteiger charge is 2.16. The molecule has 0 radical (unpaired) electrons. The van der Waals surface area contributed by atoms with E-state index in [2.05, 4.69) is 5.16 Å². The van der Waals surface area contributed by atoms with Gasteiger partial charge in [0.2, 0.25) is 0 Å². The van der Waals surface area contributed by atoms with Gasteiger partial charge in [0.15, 0.2) is 0 Å². The Kier molecular flexibility index (Phi) is 4.74. The smallest absolute Gasteiger partial charge is 0.142 e. The van der Waals surface area contributed by atoms with E-state index in [1.807, 2.05) is 61.5 Å². The van der Waals surface area contributed by atoms with Gasteiger partial charge in [-0.15, -0.1) is 0 Å². The van der Waals surface area contributed by atoms with Gasteiger partial charge in [-0.3, -0.25) is 0 Å². The number of hydrogen-bond acceptors (Lipinski definition) is 4. The Hall–Kier alpha value is -2.59. The van der Waals surface area contributed by atoms with Gasteiger partial charge in [0.1, 0.15) is 17.2 Å².